The van der Waals surface area contributed by atoms with Gasteiger partial charge in [-0.05, 0) is 67.6 Å². The summed E-state index contributed by atoms with van der Waals surface area (Å²) in [5.74, 6) is 0.737. The van der Waals surface area contributed by atoms with Gasteiger partial charge in [0.2, 0.25) is 0 Å². The molecule has 0 amide bonds. The maximum Gasteiger partial charge on any atom is 0.168 e. The minimum Gasteiger partial charge on any atom is -0.365 e. The Morgan fingerprint density at radius 3 is 2.55 bits per heavy atom. The lowest BCUT2D eigenvalue weighted by Crippen LogP contribution is -2.63. The largest absolute Gasteiger partial charge is 0.365 e. The number of carbonyl (C=O) groups excluding carboxylic acids is 1. The predicted octanol–water partition coefficient (Wildman–Crippen LogP) is 3.28. The van der Waals surface area contributed by atoms with Crippen molar-refractivity contribution < 1.29 is 15.0 Å². The van der Waals surface area contributed by atoms with E-state index in [9.17, 15) is 15.0 Å². The number of carbonyl (C=O) groups is 1. The summed E-state index contributed by atoms with van der Waals surface area (Å²) in [4.78, 5) is 12.1. The Morgan fingerprint density at radius 1 is 1.00 bits per heavy atom. The summed E-state index contributed by atoms with van der Waals surface area (Å²) >= 11 is 0. The van der Waals surface area contributed by atoms with E-state index < -0.39 is 5.79 Å². The Morgan fingerprint density at radius 2 is 1.77 bits per heavy atom. The van der Waals surface area contributed by atoms with Crippen molar-refractivity contribution in [1.29, 1.82) is 0 Å². The molecule has 0 saturated heterocycles. The van der Waals surface area contributed by atoms with Crippen molar-refractivity contribution in [3.8, 4) is 0 Å². The van der Waals surface area contributed by atoms with Crippen LogP contribution in [0.3, 0.4) is 0 Å². The lowest BCUT2D eigenvalue weighted by Gasteiger charge is -2.63. The molecule has 22 heavy (non-hydrogen) atoms. The van der Waals surface area contributed by atoms with Gasteiger partial charge in [0, 0.05) is 24.7 Å². The molecule has 0 aromatic carbocycles. The zero-order chi connectivity index (χ0) is 15.8. The first-order chi connectivity index (χ1) is 10.3. The van der Waals surface area contributed by atoms with Gasteiger partial charge in [-0.15, -0.1) is 0 Å². The lowest BCUT2D eigenvalue weighted by molar-refractivity contribution is -0.312. The van der Waals surface area contributed by atoms with Crippen LogP contribution in [0, 0.1) is 34.5 Å². The molecule has 1 unspecified atom stereocenters. The SMILES string of the molecule is C[C@]12CC[C@H]3[C@@H](CCC4CCCC(O)(O)[C@@]43C)[C@@H]1CC(=O)C2. The fraction of sp³-hybridized carbons (Fsp3) is 0.947. The van der Waals surface area contributed by atoms with Crippen LogP contribution in [0.4, 0.5) is 0 Å². The molecule has 0 aromatic heterocycles. The molecule has 0 aromatic rings. The Bertz CT molecular complexity index is 499. The van der Waals surface area contributed by atoms with Crippen molar-refractivity contribution in [1.82, 2.24) is 0 Å². The number of rotatable bonds is 0. The molecule has 4 saturated carbocycles. The molecule has 0 aliphatic heterocycles. The number of hydrogen-bond acceptors (Lipinski definition) is 3. The second kappa shape index (κ2) is 4.57. The smallest absolute Gasteiger partial charge is 0.168 e. The predicted molar refractivity (Wildman–Crippen MR) is 83.9 cm³/mol. The number of Topliss-reactive ketones (excluding diaryl/α,β-unsaturated/α-hetero) is 1. The molecule has 0 heterocycles. The van der Waals surface area contributed by atoms with E-state index in [2.05, 4.69) is 13.8 Å². The van der Waals surface area contributed by atoms with E-state index in [1.54, 1.807) is 0 Å². The third kappa shape index (κ3) is 1.78. The molecule has 3 heteroatoms. The van der Waals surface area contributed by atoms with Gasteiger partial charge in [-0.3, -0.25) is 4.79 Å². The van der Waals surface area contributed by atoms with Crippen LogP contribution in [0.25, 0.3) is 0 Å². The molecule has 0 bridgehead atoms. The molecule has 124 valence electrons. The van der Waals surface area contributed by atoms with Gasteiger partial charge < -0.3 is 10.2 Å². The minimum absolute atomic E-state index is 0.184. The second-order valence-electron chi connectivity index (χ2n) is 9.25. The van der Waals surface area contributed by atoms with Gasteiger partial charge in [0.25, 0.3) is 0 Å². The van der Waals surface area contributed by atoms with E-state index in [-0.39, 0.29) is 10.8 Å². The Balaban J connectivity index is 1.71. The molecule has 0 spiro atoms. The Kier molecular flexibility index (Phi) is 3.14. The minimum atomic E-state index is -1.52. The average molecular weight is 306 g/mol. The molecule has 2 N–H and O–H groups in total. The highest BCUT2D eigenvalue weighted by molar-refractivity contribution is 5.82. The monoisotopic (exact) mass is 306 g/mol. The van der Waals surface area contributed by atoms with Crippen LogP contribution in [0.1, 0.15) is 71.6 Å². The number of fused-ring (bicyclic) bond motifs is 5. The molecule has 3 nitrogen and oxygen atoms in total. The molecule has 4 fully saturated rings. The van der Waals surface area contributed by atoms with Gasteiger partial charge in [0.1, 0.15) is 5.78 Å². The van der Waals surface area contributed by atoms with Crippen LogP contribution in [-0.4, -0.2) is 21.8 Å². The highest BCUT2D eigenvalue weighted by atomic mass is 16.5. The van der Waals surface area contributed by atoms with Crippen molar-refractivity contribution >= 4 is 5.78 Å². The summed E-state index contributed by atoms with van der Waals surface area (Å²) in [6.45, 7) is 4.45. The van der Waals surface area contributed by atoms with E-state index in [0.29, 0.717) is 35.9 Å². The zero-order valence-corrected chi connectivity index (χ0v) is 14.0. The summed E-state index contributed by atoms with van der Waals surface area (Å²) in [6.07, 6.45) is 8.55. The van der Waals surface area contributed by atoms with Gasteiger partial charge in [-0.1, -0.05) is 13.8 Å². The first-order valence-corrected chi connectivity index (χ1v) is 9.24. The third-order valence-corrected chi connectivity index (χ3v) is 8.41. The van der Waals surface area contributed by atoms with Gasteiger partial charge in [-0.25, -0.2) is 0 Å². The Hall–Kier alpha value is -0.410. The maximum absolute atomic E-state index is 12.1. The standard InChI is InChI=1S/C19H30O3/c1-17-9-7-15-14(16(17)10-13(20)11-17)6-5-12-4-3-8-19(21,22)18(12,15)2/h12,14-16,21-22H,3-11H2,1-2H3/t12?,14-,15+,16+,17-,18+/m1/s1. The van der Waals surface area contributed by atoms with Crippen LogP contribution in [-0.2, 0) is 4.79 Å². The maximum atomic E-state index is 12.1. The van der Waals surface area contributed by atoms with Crippen LogP contribution >= 0.6 is 0 Å². The normalized spacial score (nSPS) is 53.5. The summed E-state index contributed by atoms with van der Waals surface area (Å²) in [5.41, 5.74) is -0.190. The summed E-state index contributed by atoms with van der Waals surface area (Å²) < 4.78 is 0. The summed E-state index contributed by atoms with van der Waals surface area (Å²) in [7, 11) is 0. The van der Waals surface area contributed by atoms with Crippen molar-refractivity contribution in [3.05, 3.63) is 0 Å². The average Bonchev–Trinajstić information content (AvgIpc) is 2.74. The third-order valence-electron chi connectivity index (χ3n) is 8.41. The fourth-order valence-corrected chi connectivity index (χ4v) is 7.14. The molecule has 4 aliphatic rings. The van der Waals surface area contributed by atoms with Crippen LogP contribution in [0.2, 0.25) is 0 Å². The van der Waals surface area contributed by atoms with Gasteiger partial charge >= 0.3 is 0 Å². The van der Waals surface area contributed by atoms with Crippen LogP contribution < -0.4 is 0 Å². The first-order valence-electron chi connectivity index (χ1n) is 9.24. The van der Waals surface area contributed by atoms with E-state index >= 15 is 0 Å². The number of hydrogen-bond donors (Lipinski definition) is 2. The molecule has 4 rings (SSSR count). The van der Waals surface area contributed by atoms with E-state index in [1.807, 2.05) is 0 Å². The van der Waals surface area contributed by atoms with Crippen LogP contribution in [0.5, 0.6) is 0 Å². The quantitative estimate of drug-likeness (QED) is 0.675. The van der Waals surface area contributed by atoms with Crippen molar-refractivity contribution in [2.45, 2.75) is 77.4 Å². The highest BCUT2D eigenvalue weighted by Gasteiger charge is 2.64. The van der Waals surface area contributed by atoms with E-state index in [0.717, 1.165) is 44.9 Å². The van der Waals surface area contributed by atoms with Gasteiger partial charge in [-0.2, -0.15) is 0 Å². The molecule has 4 aliphatic carbocycles. The summed E-state index contributed by atoms with van der Waals surface area (Å²) in [6, 6.07) is 0. The van der Waals surface area contributed by atoms with Crippen molar-refractivity contribution in [2.24, 2.45) is 34.5 Å². The Labute approximate surface area is 133 Å². The van der Waals surface area contributed by atoms with Gasteiger partial charge in [0.05, 0.1) is 0 Å². The van der Waals surface area contributed by atoms with E-state index in [1.165, 1.54) is 6.42 Å². The van der Waals surface area contributed by atoms with Crippen LogP contribution in [0.15, 0.2) is 0 Å². The first kappa shape index (κ1) is 15.1. The fourth-order valence-electron chi connectivity index (χ4n) is 7.14. The topological polar surface area (TPSA) is 57.5 Å². The number of aliphatic hydroxyl groups is 2. The lowest BCUT2D eigenvalue weighted by atomic mass is 9.44. The molecular weight excluding hydrogens is 276 g/mol. The molecular formula is C19H30O3. The highest BCUT2D eigenvalue weighted by Crippen LogP contribution is 2.67. The molecule has 6 atom stereocenters. The number of ketones is 1. The van der Waals surface area contributed by atoms with Crippen molar-refractivity contribution in [3.63, 3.8) is 0 Å². The van der Waals surface area contributed by atoms with Gasteiger partial charge in [0.15, 0.2) is 5.79 Å². The van der Waals surface area contributed by atoms with E-state index in [4.69, 9.17) is 0 Å². The second-order valence-corrected chi connectivity index (χ2v) is 9.25. The summed E-state index contributed by atoms with van der Waals surface area (Å²) in [5, 5.41) is 21.6. The zero-order valence-electron chi connectivity index (χ0n) is 14.0. The molecule has 0 radical (unpaired) electrons. The van der Waals surface area contributed by atoms with Crippen molar-refractivity contribution in [2.75, 3.05) is 0 Å².